The van der Waals surface area contributed by atoms with Crippen LogP contribution in [0, 0.1) is 23.2 Å². The summed E-state index contributed by atoms with van der Waals surface area (Å²) in [7, 11) is 0. The van der Waals surface area contributed by atoms with Crippen molar-refractivity contribution in [3.63, 3.8) is 0 Å². The molecule has 3 atom stereocenters. The van der Waals surface area contributed by atoms with Gasteiger partial charge in [-0.05, 0) is 56.8 Å². The van der Waals surface area contributed by atoms with Crippen LogP contribution >= 0.6 is 0 Å². The molecule has 136 valence electrons. The van der Waals surface area contributed by atoms with E-state index < -0.39 is 18.0 Å². The highest BCUT2D eigenvalue weighted by atomic mass is 19.3. The molecule has 0 spiro atoms. The fraction of sp³-hybridized carbons (Fsp3) is 0.889. The summed E-state index contributed by atoms with van der Waals surface area (Å²) in [5.74, 6) is -0.886. The van der Waals surface area contributed by atoms with Gasteiger partial charge in [0.15, 0.2) is 0 Å². The normalized spacial score (nSPS) is 38.2. The van der Waals surface area contributed by atoms with E-state index >= 15 is 0 Å². The van der Waals surface area contributed by atoms with Crippen LogP contribution < -0.4 is 0 Å². The number of ether oxygens (including phenoxy) is 2. The lowest BCUT2D eigenvalue weighted by Gasteiger charge is -2.61. The molecule has 4 bridgehead atoms. The van der Waals surface area contributed by atoms with Crippen LogP contribution in [0.1, 0.15) is 58.8 Å². The van der Waals surface area contributed by atoms with Gasteiger partial charge >= 0.3 is 18.4 Å². The molecule has 0 aliphatic heterocycles. The summed E-state index contributed by atoms with van der Waals surface area (Å²) >= 11 is 0. The maximum absolute atomic E-state index is 12.4. The number of halogens is 2. The van der Waals surface area contributed by atoms with Gasteiger partial charge in [-0.15, -0.1) is 0 Å². The van der Waals surface area contributed by atoms with E-state index in [2.05, 4.69) is 0 Å². The van der Waals surface area contributed by atoms with Crippen LogP contribution in [0.15, 0.2) is 0 Å². The second-order valence-electron chi connectivity index (χ2n) is 8.28. The molecule has 0 heterocycles. The average Bonchev–Trinajstić information content (AvgIpc) is 2.49. The van der Waals surface area contributed by atoms with E-state index in [9.17, 15) is 18.4 Å². The first kappa shape index (κ1) is 17.6. The van der Waals surface area contributed by atoms with E-state index in [1.54, 1.807) is 0 Å². The van der Waals surface area contributed by atoms with Crippen molar-refractivity contribution in [1.82, 2.24) is 0 Å². The summed E-state index contributed by atoms with van der Waals surface area (Å²) < 4.78 is 35.7. The van der Waals surface area contributed by atoms with Crippen molar-refractivity contribution < 1.29 is 27.8 Å². The third-order valence-electron chi connectivity index (χ3n) is 6.16. The van der Waals surface area contributed by atoms with Crippen molar-refractivity contribution in [3.05, 3.63) is 0 Å². The van der Waals surface area contributed by atoms with E-state index in [-0.39, 0.29) is 23.9 Å². The van der Waals surface area contributed by atoms with E-state index in [1.807, 2.05) is 13.8 Å². The average molecular weight is 344 g/mol. The minimum atomic E-state index is -3.09. The molecule has 4 saturated carbocycles. The lowest BCUT2D eigenvalue weighted by molar-refractivity contribution is -0.214. The molecule has 0 aromatic rings. The number of rotatable bonds is 6. The first-order chi connectivity index (χ1) is 11.3. The quantitative estimate of drug-likeness (QED) is 0.689. The molecule has 6 heteroatoms. The molecule has 4 nitrogen and oxygen atoms in total. The Kier molecular flexibility index (Phi) is 4.60. The predicted octanol–water partition coefficient (Wildman–Crippen LogP) is 3.72. The van der Waals surface area contributed by atoms with Crippen LogP contribution in [0.5, 0.6) is 0 Å². The van der Waals surface area contributed by atoms with Crippen LogP contribution in [0.2, 0.25) is 0 Å². The Morgan fingerprint density at radius 2 is 1.75 bits per heavy atom. The zero-order valence-corrected chi connectivity index (χ0v) is 14.4. The molecule has 0 aromatic heterocycles. The third kappa shape index (κ3) is 3.29. The SMILES string of the molecule is CCC(C)C(=O)OC12CC3CC(CC(COC(=O)C(F)F)(C3)C1)C2. The minimum Gasteiger partial charge on any atom is -0.461 e. The summed E-state index contributed by atoms with van der Waals surface area (Å²) in [5, 5.41) is 0. The lowest BCUT2D eigenvalue weighted by atomic mass is 9.48. The lowest BCUT2D eigenvalue weighted by Crippen LogP contribution is -2.59. The van der Waals surface area contributed by atoms with E-state index in [0.29, 0.717) is 18.3 Å². The van der Waals surface area contributed by atoms with Crippen molar-refractivity contribution in [1.29, 1.82) is 0 Å². The Hall–Kier alpha value is -1.20. The molecule has 0 radical (unpaired) electrons. The maximum Gasteiger partial charge on any atom is 0.373 e. The molecule has 0 amide bonds. The first-order valence-corrected chi connectivity index (χ1v) is 8.94. The summed E-state index contributed by atoms with van der Waals surface area (Å²) in [6.07, 6.45) is 2.85. The third-order valence-corrected chi connectivity index (χ3v) is 6.16. The van der Waals surface area contributed by atoms with Crippen molar-refractivity contribution >= 4 is 11.9 Å². The van der Waals surface area contributed by atoms with E-state index in [1.165, 1.54) is 0 Å². The molecule has 24 heavy (non-hydrogen) atoms. The summed E-state index contributed by atoms with van der Waals surface area (Å²) in [6, 6.07) is 0. The first-order valence-electron chi connectivity index (χ1n) is 8.94. The molecular formula is C18H26F2O4. The number of carbonyl (C=O) groups is 2. The minimum absolute atomic E-state index is 0.0196. The Morgan fingerprint density at radius 1 is 1.12 bits per heavy atom. The number of hydrogen-bond donors (Lipinski definition) is 0. The van der Waals surface area contributed by atoms with Crippen molar-refractivity contribution in [3.8, 4) is 0 Å². The Balaban J connectivity index is 1.72. The summed E-state index contributed by atoms with van der Waals surface area (Å²) in [4.78, 5) is 23.5. The van der Waals surface area contributed by atoms with Gasteiger partial charge in [-0.1, -0.05) is 13.8 Å². The largest absolute Gasteiger partial charge is 0.461 e. The van der Waals surface area contributed by atoms with Gasteiger partial charge in [0.2, 0.25) is 0 Å². The van der Waals surface area contributed by atoms with Crippen LogP contribution in [-0.4, -0.2) is 30.6 Å². The molecule has 0 aromatic carbocycles. The van der Waals surface area contributed by atoms with E-state index in [4.69, 9.17) is 9.47 Å². The van der Waals surface area contributed by atoms with Crippen LogP contribution in [0.3, 0.4) is 0 Å². The van der Waals surface area contributed by atoms with E-state index in [0.717, 1.165) is 38.5 Å². The zero-order valence-electron chi connectivity index (χ0n) is 14.4. The Bertz CT molecular complexity index is 505. The summed E-state index contributed by atoms with van der Waals surface area (Å²) in [5.41, 5.74) is -0.786. The van der Waals surface area contributed by atoms with Gasteiger partial charge in [-0.2, -0.15) is 8.78 Å². The number of esters is 2. The smallest absolute Gasteiger partial charge is 0.373 e. The molecule has 3 unspecified atom stereocenters. The van der Waals surface area contributed by atoms with Gasteiger partial charge in [-0.25, -0.2) is 4.79 Å². The summed E-state index contributed by atoms with van der Waals surface area (Å²) in [6.45, 7) is 3.84. The van der Waals surface area contributed by atoms with Gasteiger partial charge in [0.25, 0.3) is 0 Å². The Morgan fingerprint density at radius 3 is 2.29 bits per heavy atom. The van der Waals surface area contributed by atoms with Crippen LogP contribution in [-0.2, 0) is 19.1 Å². The van der Waals surface area contributed by atoms with Crippen molar-refractivity contribution in [2.45, 2.75) is 70.8 Å². The van der Waals surface area contributed by atoms with Gasteiger partial charge in [0.1, 0.15) is 5.60 Å². The zero-order chi connectivity index (χ0) is 17.5. The molecule has 4 aliphatic rings. The van der Waals surface area contributed by atoms with Gasteiger partial charge < -0.3 is 9.47 Å². The number of hydrogen-bond acceptors (Lipinski definition) is 4. The topological polar surface area (TPSA) is 52.6 Å². The highest BCUT2D eigenvalue weighted by molar-refractivity contribution is 5.73. The highest BCUT2D eigenvalue weighted by Gasteiger charge is 2.60. The molecule has 4 aliphatic carbocycles. The van der Waals surface area contributed by atoms with Gasteiger partial charge in [-0.3, -0.25) is 4.79 Å². The Labute approximate surface area is 141 Å². The molecule has 0 saturated heterocycles. The second-order valence-corrected chi connectivity index (χ2v) is 8.28. The molecule has 4 rings (SSSR count). The predicted molar refractivity (Wildman–Crippen MR) is 82.4 cm³/mol. The number of carbonyl (C=O) groups excluding carboxylic acids is 2. The number of alkyl halides is 2. The monoisotopic (exact) mass is 344 g/mol. The fourth-order valence-corrected chi connectivity index (χ4v) is 5.42. The molecular weight excluding hydrogens is 318 g/mol. The van der Waals surface area contributed by atoms with Crippen LogP contribution in [0.4, 0.5) is 8.78 Å². The maximum atomic E-state index is 12.4. The molecule has 4 fully saturated rings. The molecule has 0 N–H and O–H groups in total. The fourth-order valence-electron chi connectivity index (χ4n) is 5.42. The second kappa shape index (κ2) is 6.26. The van der Waals surface area contributed by atoms with Crippen molar-refractivity contribution in [2.75, 3.05) is 6.61 Å². The highest BCUT2D eigenvalue weighted by Crippen LogP contribution is 2.63. The van der Waals surface area contributed by atoms with Gasteiger partial charge in [0.05, 0.1) is 12.5 Å². The standard InChI is InChI=1S/C18H26F2O4/c1-3-11(2)15(21)24-18-7-12-4-13(8-18)6-17(5-12,9-18)10-23-16(22)14(19)20/h11-14H,3-10H2,1-2H3. The van der Waals surface area contributed by atoms with Crippen LogP contribution in [0.25, 0.3) is 0 Å². The van der Waals surface area contributed by atoms with Crippen molar-refractivity contribution in [2.24, 2.45) is 23.2 Å². The van der Waals surface area contributed by atoms with Gasteiger partial charge in [0, 0.05) is 5.41 Å².